The van der Waals surface area contributed by atoms with Crippen molar-refractivity contribution in [2.24, 2.45) is 17.8 Å². The second-order valence-electron chi connectivity index (χ2n) is 5.62. The van der Waals surface area contributed by atoms with Crippen LogP contribution in [0.5, 0.6) is 0 Å². The van der Waals surface area contributed by atoms with E-state index in [9.17, 15) is 5.11 Å². The highest BCUT2D eigenvalue weighted by molar-refractivity contribution is 7.17. The average molecular weight is 244 g/mol. The maximum atomic E-state index is 10.6. The van der Waals surface area contributed by atoms with Gasteiger partial charge in [0.1, 0.15) is 0 Å². The molecule has 4 rings (SSSR count). The summed E-state index contributed by atoms with van der Waals surface area (Å²) < 4.78 is 1.28. The Kier molecular flexibility index (Phi) is 2.12. The zero-order valence-corrected chi connectivity index (χ0v) is 10.5. The highest BCUT2D eigenvalue weighted by atomic mass is 32.1. The molecular formula is C15H16OS. The van der Waals surface area contributed by atoms with Crippen LogP contribution in [0, 0.1) is 17.8 Å². The molecule has 0 bridgehead atoms. The van der Waals surface area contributed by atoms with Crippen LogP contribution in [-0.2, 0) is 0 Å². The molecule has 1 N–H and O–H groups in total. The van der Waals surface area contributed by atoms with Crippen LogP contribution < -0.4 is 0 Å². The van der Waals surface area contributed by atoms with Gasteiger partial charge in [0.05, 0.1) is 6.10 Å². The lowest BCUT2D eigenvalue weighted by atomic mass is 9.91. The molecule has 1 aromatic carbocycles. The average Bonchev–Trinajstić information content (AvgIpc) is 2.82. The summed E-state index contributed by atoms with van der Waals surface area (Å²) >= 11 is 1.75. The second-order valence-corrected chi connectivity index (χ2v) is 6.53. The monoisotopic (exact) mass is 244 g/mol. The Morgan fingerprint density at radius 1 is 1.12 bits per heavy atom. The first kappa shape index (κ1) is 10.1. The molecule has 2 aromatic rings. The molecule has 0 spiro atoms. The Morgan fingerprint density at radius 3 is 2.76 bits per heavy atom. The topological polar surface area (TPSA) is 20.2 Å². The molecule has 1 heterocycles. The zero-order valence-electron chi connectivity index (χ0n) is 9.67. The molecule has 0 aliphatic heterocycles. The Balaban J connectivity index is 1.70. The molecule has 0 saturated heterocycles. The van der Waals surface area contributed by atoms with Crippen molar-refractivity contribution in [1.29, 1.82) is 0 Å². The number of aliphatic hydroxyl groups excluding tert-OH is 1. The number of benzene rings is 1. The number of hydrogen-bond acceptors (Lipinski definition) is 2. The summed E-state index contributed by atoms with van der Waals surface area (Å²) in [7, 11) is 0. The highest BCUT2D eigenvalue weighted by Crippen LogP contribution is 2.57. The molecule has 0 radical (unpaired) electrons. The van der Waals surface area contributed by atoms with Gasteiger partial charge in [0.15, 0.2) is 0 Å². The van der Waals surface area contributed by atoms with Gasteiger partial charge in [-0.2, -0.15) is 0 Å². The fraction of sp³-hybridized carbons (Fsp3) is 0.467. The first-order chi connectivity index (χ1) is 8.33. The van der Waals surface area contributed by atoms with Crippen LogP contribution >= 0.6 is 11.3 Å². The molecule has 2 aliphatic carbocycles. The smallest absolute Gasteiger partial charge is 0.0832 e. The largest absolute Gasteiger partial charge is 0.388 e. The van der Waals surface area contributed by atoms with E-state index in [4.69, 9.17) is 0 Å². The van der Waals surface area contributed by atoms with Crippen molar-refractivity contribution in [3.63, 3.8) is 0 Å². The van der Waals surface area contributed by atoms with E-state index in [1.807, 2.05) is 0 Å². The number of hydrogen-bond donors (Lipinski definition) is 1. The van der Waals surface area contributed by atoms with Crippen LogP contribution in [-0.4, -0.2) is 5.11 Å². The third-order valence-electron chi connectivity index (χ3n) is 4.55. The maximum Gasteiger partial charge on any atom is 0.0832 e. The van der Waals surface area contributed by atoms with E-state index in [-0.39, 0.29) is 6.10 Å². The van der Waals surface area contributed by atoms with Crippen LogP contribution in [0.15, 0.2) is 29.6 Å². The minimum atomic E-state index is -0.245. The van der Waals surface area contributed by atoms with Crippen molar-refractivity contribution in [3.8, 4) is 0 Å². The summed E-state index contributed by atoms with van der Waals surface area (Å²) in [6, 6.07) is 8.45. The Labute approximate surface area is 105 Å². The fourth-order valence-electron chi connectivity index (χ4n) is 3.52. The molecule has 17 heavy (non-hydrogen) atoms. The summed E-state index contributed by atoms with van der Waals surface area (Å²) in [6.07, 6.45) is 3.67. The van der Waals surface area contributed by atoms with Gasteiger partial charge in [-0.3, -0.25) is 0 Å². The number of fused-ring (bicyclic) bond motifs is 2. The van der Waals surface area contributed by atoms with Crippen molar-refractivity contribution in [2.45, 2.75) is 25.4 Å². The van der Waals surface area contributed by atoms with E-state index in [1.54, 1.807) is 11.3 Å². The molecular weight excluding hydrogens is 228 g/mol. The van der Waals surface area contributed by atoms with Gasteiger partial charge in [-0.1, -0.05) is 18.2 Å². The van der Waals surface area contributed by atoms with Crippen LogP contribution in [0.1, 0.15) is 30.9 Å². The van der Waals surface area contributed by atoms with Gasteiger partial charge in [-0.15, -0.1) is 11.3 Å². The standard InChI is InChI=1S/C15H16OS/c16-14(12-7-10-6-11(10)8-12)13-3-1-2-9-4-5-17-15(9)13/h1-5,10-12,14,16H,6-8H2. The molecule has 2 aliphatic rings. The molecule has 2 saturated carbocycles. The number of thiophene rings is 1. The predicted molar refractivity (Wildman–Crippen MR) is 71.1 cm³/mol. The van der Waals surface area contributed by atoms with Gasteiger partial charge in [-0.05, 0) is 59.4 Å². The Hall–Kier alpha value is -0.860. The minimum absolute atomic E-state index is 0.245. The fourth-order valence-corrected chi connectivity index (χ4v) is 4.47. The molecule has 88 valence electrons. The van der Waals surface area contributed by atoms with Gasteiger partial charge < -0.3 is 5.11 Å². The van der Waals surface area contributed by atoms with E-state index in [0.717, 1.165) is 17.4 Å². The van der Waals surface area contributed by atoms with Crippen molar-refractivity contribution in [2.75, 3.05) is 0 Å². The summed E-state index contributed by atoms with van der Waals surface area (Å²) in [4.78, 5) is 0. The Bertz CT molecular complexity index is 549. The van der Waals surface area contributed by atoms with Crippen LogP contribution in [0.25, 0.3) is 10.1 Å². The minimum Gasteiger partial charge on any atom is -0.388 e. The first-order valence-electron chi connectivity index (χ1n) is 6.47. The van der Waals surface area contributed by atoms with E-state index >= 15 is 0 Å². The molecule has 3 unspecified atom stereocenters. The molecule has 0 amide bonds. The lowest BCUT2D eigenvalue weighted by molar-refractivity contribution is 0.106. The highest BCUT2D eigenvalue weighted by Gasteiger charge is 2.48. The van der Waals surface area contributed by atoms with Crippen LogP contribution in [0.2, 0.25) is 0 Å². The van der Waals surface area contributed by atoms with Gasteiger partial charge in [0, 0.05) is 4.70 Å². The van der Waals surface area contributed by atoms with Crippen molar-refractivity contribution >= 4 is 21.4 Å². The first-order valence-corrected chi connectivity index (χ1v) is 7.35. The second kappa shape index (κ2) is 3.56. The molecule has 1 nitrogen and oxygen atoms in total. The third kappa shape index (κ3) is 1.54. The number of rotatable bonds is 2. The lowest BCUT2D eigenvalue weighted by Crippen LogP contribution is -2.10. The van der Waals surface area contributed by atoms with E-state index < -0.39 is 0 Å². The van der Waals surface area contributed by atoms with Crippen LogP contribution in [0.4, 0.5) is 0 Å². The van der Waals surface area contributed by atoms with Gasteiger partial charge in [0.2, 0.25) is 0 Å². The molecule has 2 fully saturated rings. The van der Waals surface area contributed by atoms with Crippen molar-refractivity contribution < 1.29 is 5.11 Å². The SMILES string of the molecule is OC(c1cccc2ccsc12)C1CC2CC2C1. The van der Waals surface area contributed by atoms with Crippen molar-refractivity contribution in [3.05, 3.63) is 35.2 Å². The van der Waals surface area contributed by atoms with E-state index in [2.05, 4.69) is 29.6 Å². The van der Waals surface area contributed by atoms with Crippen molar-refractivity contribution in [1.82, 2.24) is 0 Å². The number of aliphatic hydroxyl groups is 1. The Morgan fingerprint density at radius 2 is 1.94 bits per heavy atom. The third-order valence-corrected chi connectivity index (χ3v) is 5.53. The van der Waals surface area contributed by atoms with Crippen LogP contribution in [0.3, 0.4) is 0 Å². The molecule has 3 atom stereocenters. The maximum absolute atomic E-state index is 10.6. The molecule has 1 aromatic heterocycles. The summed E-state index contributed by atoms with van der Waals surface area (Å²) in [5.41, 5.74) is 1.16. The normalized spacial score (nSPS) is 32.6. The predicted octanol–water partition coefficient (Wildman–Crippen LogP) is 3.98. The molecule has 2 heteroatoms. The van der Waals surface area contributed by atoms with E-state index in [0.29, 0.717) is 5.92 Å². The summed E-state index contributed by atoms with van der Waals surface area (Å²) in [5, 5.41) is 14.0. The summed E-state index contributed by atoms with van der Waals surface area (Å²) in [5.74, 6) is 2.39. The zero-order chi connectivity index (χ0) is 11.4. The van der Waals surface area contributed by atoms with Gasteiger partial charge in [-0.25, -0.2) is 0 Å². The van der Waals surface area contributed by atoms with E-state index in [1.165, 1.54) is 29.3 Å². The quantitative estimate of drug-likeness (QED) is 0.847. The van der Waals surface area contributed by atoms with Gasteiger partial charge in [0.25, 0.3) is 0 Å². The van der Waals surface area contributed by atoms with Gasteiger partial charge >= 0.3 is 0 Å². The lowest BCUT2D eigenvalue weighted by Gasteiger charge is -2.20. The summed E-state index contributed by atoms with van der Waals surface area (Å²) in [6.45, 7) is 0.